The van der Waals surface area contributed by atoms with Gasteiger partial charge in [0.1, 0.15) is 5.52 Å². The first kappa shape index (κ1) is 19.3. The van der Waals surface area contributed by atoms with Gasteiger partial charge in [0.25, 0.3) is 5.91 Å². The van der Waals surface area contributed by atoms with Crippen LogP contribution in [0.2, 0.25) is 0 Å². The van der Waals surface area contributed by atoms with Gasteiger partial charge in [-0.05, 0) is 57.0 Å². The maximum atomic E-state index is 13.0. The van der Waals surface area contributed by atoms with E-state index in [4.69, 9.17) is 13.9 Å². The SMILES string of the molecule is COc1cc(C(=O)N2CCC(c3nc4ccccc4o3)CC2)ccc1OC(C)C. The van der Waals surface area contributed by atoms with Crippen LogP contribution in [0.15, 0.2) is 46.9 Å². The van der Waals surface area contributed by atoms with E-state index in [-0.39, 0.29) is 17.9 Å². The van der Waals surface area contributed by atoms with E-state index in [2.05, 4.69) is 4.98 Å². The molecule has 0 atom stereocenters. The number of oxazole rings is 1. The lowest BCUT2D eigenvalue weighted by atomic mass is 9.96. The highest BCUT2D eigenvalue weighted by Gasteiger charge is 2.28. The van der Waals surface area contributed by atoms with E-state index in [1.165, 1.54) is 0 Å². The van der Waals surface area contributed by atoms with E-state index in [1.54, 1.807) is 25.3 Å². The average Bonchev–Trinajstić information content (AvgIpc) is 3.17. The predicted octanol–water partition coefficient (Wildman–Crippen LogP) is 4.64. The first-order valence-electron chi connectivity index (χ1n) is 10.0. The lowest BCUT2D eigenvalue weighted by molar-refractivity contribution is 0.0706. The molecule has 4 rings (SSSR count). The molecular weight excluding hydrogens is 368 g/mol. The molecule has 0 aliphatic carbocycles. The third kappa shape index (κ3) is 4.06. The zero-order valence-electron chi connectivity index (χ0n) is 17.1. The predicted molar refractivity (Wildman–Crippen MR) is 111 cm³/mol. The van der Waals surface area contributed by atoms with Crippen LogP contribution in [-0.4, -0.2) is 42.1 Å². The molecule has 152 valence electrons. The van der Waals surface area contributed by atoms with Crippen LogP contribution >= 0.6 is 0 Å². The molecule has 6 nitrogen and oxygen atoms in total. The fourth-order valence-electron chi connectivity index (χ4n) is 3.73. The molecule has 6 heteroatoms. The molecule has 1 aliphatic rings. The number of hydrogen-bond donors (Lipinski definition) is 0. The number of methoxy groups -OCH3 is 1. The van der Waals surface area contributed by atoms with Crippen molar-refractivity contribution in [3.8, 4) is 11.5 Å². The summed E-state index contributed by atoms with van der Waals surface area (Å²) in [7, 11) is 1.59. The molecule has 0 radical (unpaired) electrons. The van der Waals surface area contributed by atoms with E-state index in [0.717, 1.165) is 29.8 Å². The number of benzene rings is 2. The molecule has 3 aromatic rings. The summed E-state index contributed by atoms with van der Waals surface area (Å²) in [5.41, 5.74) is 2.31. The van der Waals surface area contributed by atoms with Gasteiger partial charge in [-0.15, -0.1) is 0 Å². The summed E-state index contributed by atoms with van der Waals surface area (Å²) in [5.74, 6) is 2.24. The molecule has 2 heterocycles. The standard InChI is InChI=1S/C23H26N2O4/c1-15(2)28-20-9-8-17(14-21(20)27-3)23(26)25-12-10-16(11-13-25)22-24-18-6-4-5-7-19(18)29-22/h4-9,14-16H,10-13H2,1-3H3. The van der Waals surface area contributed by atoms with Crippen molar-refractivity contribution in [2.24, 2.45) is 0 Å². The van der Waals surface area contributed by atoms with Crippen molar-refractivity contribution in [2.45, 2.75) is 38.7 Å². The first-order chi connectivity index (χ1) is 14.0. The molecule has 1 saturated heterocycles. The Morgan fingerprint density at radius 3 is 2.59 bits per heavy atom. The maximum absolute atomic E-state index is 13.0. The van der Waals surface area contributed by atoms with Gasteiger partial charge >= 0.3 is 0 Å². The summed E-state index contributed by atoms with van der Waals surface area (Å²) in [6.07, 6.45) is 1.71. The van der Waals surface area contributed by atoms with Crippen molar-refractivity contribution in [1.82, 2.24) is 9.88 Å². The van der Waals surface area contributed by atoms with Crippen LogP contribution in [0.3, 0.4) is 0 Å². The Labute approximate surface area is 170 Å². The number of hydrogen-bond acceptors (Lipinski definition) is 5. The lowest BCUT2D eigenvalue weighted by Crippen LogP contribution is -2.38. The third-order valence-corrected chi connectivity index (χ3v) is 5.22. The Hall–Kier alpha value is -3.02. The molecule has 2 aromatic carbocycles. The van der Waals surface area contributed by atoms with E-state index in [1.807, 2.05) is 43.0 Å². The highest BCUT2D eigenvalue weighted by Crippen LogP contribution is 2.32. The number of aromatic nitrogens is 1. The van der Waals surface area contributed by atoms with Crippen molar-refractivity contribution in [3.05, 3.63) is 53.9 Å². The lowest BCUT2D eigenvalue weighted by Gasteiger charge is -2.30. The van der Waals surface area contributed by atoms with Gasteiger partial charge < -0.3 is 18.8 Å². The van der Waals surface area contributed by atoms with Crippen LogP contribution in [0.4, 0.5) is 0 Å². The molecule has 1 amide bonds. The minimum atomic E-state index is 0.00964. The van der Waals surface area contributed by atoms with Crippen LogP contribution in [0, 0.1) is 0 Å². The fraction of sp³-hybridized carbons (Fsp3) is 0.391. The van der Waals surface area contributed by atoms with Gasteiger partial charge in [0.2, 0.25) is 0 Å². The second kappa shape index (κ2) is 8.15. The van der Waals surface area contributed by atoms with E-state index >= 15 is 0 Å². The number of likely N-dealkylation sites (tertiary alicyclic amines) is 1. The maximum Gasteiger partial charge on any atom is 0.253 e. The van der Waals surface area contributed by atoms with Crippen LogP contribution in [0.5, 0.6) is 11.5 Å². The van der Waals surface area contributed by atoms with Crippen LogP contribution in [0.1, 0.15) is 48.9 Å². The molecule has 0 N–H and O–H groups in total. The Morgan fingerprint density at radius 1 is 1.14 bits per heavy atom. The van der Waals surface area contributed by atoms with Crippen LogP contribution in [0.25, 0.3) is 11.1 Å². The summed E-state index contributed by atoms with van der Waals surface area (Å²) in [5, 5.41) is 0. The van der Waals surface area contributed by atoms with Gasteiger partial charge in [0, 0.05) is 24.6 Å². The minimum absolute atomic E-state index is 0.00964. The van der Waals surface area contributed by atoms with E-state index in [0.29, 0.717) is 30.2 Å². The number of carbonyl (C=O) groups is 1. The molecule has 29 heavy (non-hydrogen) atoms. The highest BCUT2D eigenvalue weighted by molar-refractivity contribution is 5.95. The van der Waals surface area contributed by atoms with Gasteiger partial charge in [-0.2, -0.15) is 0 Å². The Kier molecular flexibility index (Phi) is 5.43. The van der Waals surface area contributed by atoms with Crippen molar-refractivity contribution in [1.29, 1.82) is 0 Å². The molecule has 0 unspecified atom stereocenters. The van der Waals surface area contributed by atoms with Crippen molar-refractivity contribution >= 4 is 17.0 Å². The summed E-state index contributed by atoms with van der Waals surface area (Å²) in [6, 6.07) is 13.2. The molecular formula is C23H26N2O4. The van der Waals surface area contributed by atoms with E-state index < -0.39 is 0 Å². The molecule has 1 aliphatic heterocycles. The van der Waals surface area contributed by atoms with Gasteiger partial charge in [-0.1, -0.05) is 12.1 Å². The monoisotopic (exact) mass is 394 g/mol. The quantitative estimate of drug-likeness (QED) is 0.631. The molecule has 0 spiro atoms. The Bertz CT molecular complexity index is 970. The van der Waals surface area contributed by atoms with Gasteiger partial charge in [-0.25, -0.2) is 4.98 Å². The van der Waals surface area contributed by atoms with Crippen molar-refractivity contribution in [2.75, 3.05) is 20.2 Å². The molecule has 1 fully saturated rings. The number of nitrogens with zero attached hydrogens (tertiary/aromatic N) is 2. The minimum Gasteiger partial charge on any atom is -0.493 e. The largest absolute Gasteiger partial charge is 0.493 e. The normalized spacial score (nSPS) is 15.1. The summed E-state index contributed by atoms with van der Waals surface area (Å²) < 4.78 is 17.1. The first-order valence-corrected chi connectivity index (χ1v) is 10.0. The summed E-state index contributed by atoms with van der Waals surface area (Å²) in [6.45, 7) is 5.27. The molecule has 0 bridgehead atoms. The number of carbonyl (C=O) groups excluding carboxylic acids is 1. The third-order valence-electron chi connectivity index (χ3n) is 5.22. The van der Waals surface area contributed by atoms with Gasteiger partial charge in [-0.3, -0.25) is 4.79 Å². The number of piperidine rings is 1. The van der Waals surface area contributed by atoms with E-state index in [9.17, 15) is 4.79 Å². The summed E-state index contributed by atoms with van der Waals surface area (Å²) in [4.78, 5) is 19.5. The smallest absolute Gasteiger partial charge is 0.253 e. The number of rotatable bonds is 5. The fourth-order valence-corrected chi connectivity index (χ4v) is 3.73. The Balaban J connectivity index is 1.43. The number of fused-ring (bicyclic) bond motifs is 1. The average molecular weight is 394 g/mol. The highest BCUT2D eigenvalue weighted by atomic mass is 16.5. The van der Waals surface area contributed by atoms with Crippen LogP contribution < -0.4 is 9.47 Å². The molecule has 0 saturated carbocycles. The second-order valence-corrected chi connectivity index (χ2v) is 7.62. The van der Waals surface area contributed by atoms with Crippen molar-refractivity contribution < 1.29 is 18.7 Å². The van der Waals surface area contributed by atoms with Gasteiger partial charge in [0.05, 0.1) is 13.2 Å². The number of amides is 1. The zero-order chi connectivity index (χ0) is 20.4. The topological polar surface area (TPSA) is 64.8 Å². The number of para-hydroxylation sites is 2. The zero-order valence-corrected chi connectivity index (χ0v) is 17.1. The molecule has 1 aromatic heterocycles. The Morgan fingerprint density at radius 2 is 1.90 bits per heavy atom. The second-order valence-electron chi connectivity index (χ2n) is 7.62. The van der Waals surface area contributed by atoms with Gasteiger partial charge in [0.15, 0.2) is 23.0 Å². The van der Waals surface area contributed by atoms with Crippen molar-refractivity contribution in [3.63, 3.8) is 0 Å². The van der Waals surface area contributed by atoms with Crippen LogP contribution in [-0.2, 0) is 0 Å². The summed E-state index contributed by atoms with van der Waals surface area (Å²) >= 11 is 0. The number of ether oxygens (including phenoxy) is 2.